The molecule has 136 valence electrons. The predicted octanol–water partition coefficient (Wildman–Crippen LogP) is 0.625. The van der Waals surface area contributed by atoms with Crippen molar-refractivity contribution in [3.8, 4) is 11.5 Å². The molecular formula is C18H24N2O5. The van der Waals surface area contributed by atoms with Gasteiger partial charge in [0.1, 0.15) is 0 Å². The maximum Gasteiger partial charge on any atom is 0.231 e. The lowest BCUT2D eigenvalue weighted by molar-refractivity contribution is -0.126. The van der Waals surface area contributed by atoms with Crippen molar-refractivity contribution in [1.29, 1.82) is 0 Å². The Morgan fingerprint density at radius 1 is 1.32 bits per heavy atom. The molecule has 2 fully saturated rings. The number of fused-ring (bicyclic) bond motifs is 2. The van der Waals surface area contributed by atoms with E-state index in [4.69, 9.17) is 18.9 Å². The zero-order valence-corrected chi connectivity index (χ0v) is 14.4. The summed E-state index contributed by atoms with van der Waals surface area (Å²) in [6.07, 6.45) is 0.146. The predicted molar refractivity (Wildman–Crippen MR) is 89.4 cm³/mol. The molecule has 0 aromatic heterocycles. The van der Waals surface area contributed by atoms with Gasteiger partial charge in [-0.25, -0.2) is 0 Å². The van der Waals surface area contributed by atoms with Gasteiger partial charge >= 0.3 is 0 Å². The van der Waals surface area contributed by atoms with Crippen molar-refractivity contribution < 1.29 is 23.7 Å². The Kier molecular flexibility index (Phi) is 4.78. The van der Waals surface area contributed by atoms with Crippen LogP contribution in [-0.4, -0.2) is 63.7 Å². The van der Waals surface area contributed by atoms with Crippen molar-refractivity contribution in [3.63, 3.8) is 0 Å². The van der Waals surface area contributed by atoms with Gasteiger partial charge in [0.15, 0.2) is 11.5 Å². The van der Waals surface area contributed by atoms with E-state index >= 15 is 0 Å². The van der Waals surface area contributed by atoms with Crippen molar-refractivity contribution in [2.45, 2.75) is 12.6 Å². The first-order valence-corrected chi connectivity index (χ1v) is 8.73. The molecule has 1 amide bonds. The summed E-state index contributed by atoms with van der Waals surface area (Å²) < 4.78 is 21.7. The monoisotopic (exact) mass is 348 g/mol. The van der Waals surface area contributed by atoms with Crippen LogP contribution in [0.4, 0.5) is 0 Å². The topological polar surface area (TPSA) is 69.3 Å². The van der Waals surface area contributed by atoms with Gasteiger partial charge in [0.05, 0.1) is 25.2 Å². The molecule has 7 nitrogen and oxygen atoms in total. The number of hydrogen-bond acceptors (Lipinski definition) is 6. The molecule has 0 bridgehead atoms. The van der Waals surface area contributed by atoms with Gasteiger partial charge in [-0.15, -0.1) is 0 Å². The van der Waals surface area contributed by atoms with E-state index in [1.165, 1.54) is 5.56 Å². The van der Waals surface area contributed by atoms with Crippen molar-refractivity contribution >= 4 is 5.91 Å². The zero-order valence-electron chi connectivity index (χ0n) is 14.4. The zero-order chi connectivity index (χ0) is 17.2. The summed E-state index contributed by atoms with van der Waals surface area (Å²) in [5, 5.41) is 2.94. The molecule has 0 spiro atoms. The summed E-state index contributed by atoms with van der Waals surface area (Å²) in [5.74, 6) is 1.89. The third-order valence-corrected chi connectivity index (χ3v) is 5.18. The Labute approximate surface area is 147 Å². The Morgan fingerprint density at radius 3 is 3.08 bits per heavy atom. The van der Waals surface area contributed by atoms with E-state index in [9.17, 15) is 4.79 Å². The highest BCUT2D eigenvalue weighted by atomic mass is 16.7. The molecule has 3 aliphatic heterocycles. The molecule has 1 N–H and O–H groups in total. The molecule has 3 atom stereocenters. The summed E-state index contributed by atoms with van der Waals surface area (Å²) in [4.78, 5) is 14.7. The number of ether oxygens (including phenoxy) is 4. The normalized spacial score (nSPS) is 27.5. The standard InChI is InChI=1S/C18H24N2O5/c1-22-5-4-19-18(21)14-10-23-17-9-20(8-13(14)17)7-12-2-3-15-16(6-12)25-11-24-15/h2-3,6,13-14,17H,4-5,7-11H2,1H3,(H,19,21)/t13-,14+,17-/m0/s1. The second-order valence-electron chi connectivity index (χ2n) is 6.81. The third kappa shape index (κ3) is 3.44. The maximum atomic E-state index is 12.4. The van der Waals surface area contributed by atoms with Crippen LogP contribution in [0, 0.1) is 11.8 Å². The van der Waals surface area contributed by atoms with Crippen LogP contribution in [0.5, 0.6) is 11.5 Å². The van der Waals surface area contributed by atoms with E-state index in [1.54, 1.807) is 7.11 Å². The molecule has 4 rings (SSSR count). The van der Waals surface area contributed by atoms with E-state index in [2.05, 4.69) is 16.3 Å². The third-order valence-electron chi connectivity index (χ3n) is 5.18. The van der Waals surface area contributed by atoms with Gasteiger partial charge in [0.25, 0.3) is 0 Å². The second-order valence-corrected chi connectivity index (χ2v) is 6.81. The number of carbonyl (C=O) groups is 1. The summed E-state index contributed by atoms with van der Waals surface area (Å²) in [5.41, 5.74) is 1.19. The first-order valence-electron chi connectivity index (χ1n) is 8.73. The van der Waals surface area contributed by atoms with E-state index < -0.39 is 0 Å². The number of rotatable bonds is 6. The molecule has 0 radical (unpaired) electrons. The number of nitrogens with one attached hydrogen (secondary N) is 1. The van der Waals surface area contributed by atoms with Crippen LogP contribution >= 0.6 is 0 Å². The lowest BCUT2D eigenvalue weighted by atomic mass is 9.92. The fraction of sp³-hybridized carbons (Fsp3) is 0.611. The quantitative estimate of drug-likeness (QED) is 0.761. The molecule has 2 saturated heterocycles. The van der Waals surface area contributed by atoms with Gasteiger partial charge in [-0.2, -0.15) is 0 Å². The molecular weight excluding hydrogens is 324 g/mol. The summed E-state index contributed by atoms with van der Waals surface area (Å²) in [7, 11) is 1.63. The van der Waals surface area contributed by atoms with E-state index in [1.807, 2.05) is 12.1 Å². The van der Waals surface area contributed by atoms with Crippen molar-refractivity contribution in [1.82, 2.24) is 10.2 Å². The first-order chi connectivity index (χ1) is 12.2. The fourth-order valence-corrected chi connectivity index (χ4v) is 3.90. The van der Waals surface area contributed by atoms with E-state index in [0.717, 1.165) is 31.1 Å². The highest BCUT2D eigenvalue weighted by Gasteiger charge is 2.46. The minimum atomic E-state index is -0.0661. The van der Waals surface area contributed by atoms with Gasteiger partial charge in [0.2, 0.25) is 12.7 Å². The molecule has 0 saturated carbocycles. The summed E-state index contributed by atoms with van der Waals surface area (Å²) in [6.45, 7) is 4.45. The average molecular weight is 348 g/mol. The molecule has 25 heavy (non-hydrogen) atoms. The number of hydrogen-bond donors (Lipinski definition) is 1. The lowest BCUT2D eigenvalue weighted by Crippen LogP contribution is -2.38. The summed E-state index contributed by atoms with van der Waals surface area (Å²) in [6, 6.07) is 6.06. The Hall–Kier alpha value is -1.83. The molecule has 3 heterocycles. The largest absolute Gasteiger partial charge is 0.454 e. The van der Waals surface area contributed by atoms with Crippen molar-refractivity contribution in [2.24, 2.45) is 11.8 Å². The lowest BCUT2D eigenvalue weighted by Gasteiger charge is -2.19. The Balaban J connectivity index is 1.34. The molecule has 1 aromatic carbocycles. The van der Waals surface area contributed by atoms with Gasteiger partial charge < -0.3 is 24.3 Å². The van der Waals surface area contributed by atoms with Crippen LogP contribution in [0.1, 0.15) is 5.56 Å². The molecule has 0 aliphatic carbocycles. The Morgan fingerprint density at radius 2 is 2.20 bits per heavy atom. The van der Waals surface area contributed by atoms with Crippen LogP contribution in [0.15, 0.2) is 18.2 Å². The minimum Gasteiger partial charge on any atom is -0.454 e. The number of benzene rings is 1. The summed E-state index contributed by atoms with van der Waals surface area (Å²) >= 11 is 0. The van der Waals surface area contributed by atoms with Gasteiger partial charge in [0, 0.05) is 39.2 Å². The minimum absolute atomic E-state index is 0.0661. The number of likely N-dealkylation sites (tertiary alicyclic amines) is 1. The Bertz CT molecular complexity index is 638. The number of amides is 1. The first kappa shape index (κ1) is 16.6. The van der Waals surface area contributed by atoms with E-state index in [0.29, 0.717) is 26.6 Å². The van der Waals surface area contributed by atoms with Gasteiger partial charge in [-0.1, -0.05) is 6.07 Å². The molecule has 3 aliphatic rings. The van der Waals surface area contributed by atoms with Crippen LogP contribution in [0.2, 0.25) is 0 Å². The van der Waals surface area contributed by atoms with Crippen molar-refractivity contribution in [2.75, 3.05) is 46.8 Å². The van der Waals surface area contributed by atoms with Gasteiger partial charge in [-0.3, -0.25) is 9.69 Å². The number of carbonyl (C=O) groups excluding carboxylic acids is 1. The number of methoxy groups -OCH3 is 1. The molecule has 1 aromatic rings. The molecule has 0 unspecified atom stereocenters. The van der Waals surface area contributed by atoms with Crippen molar-refractivity contribution in [3.05, 3.63) is 23.8 Å². The fourth-order valence-electron chi connectivity index (χ4n) is 3.90. The van der Waals surface area contributed by atoms with Crippen LogP contribution < -0.4 is 14.8 Å². The van der Waals surface area contributed by atoms with Crippen LogP contribution in [-0.2, 0) is 20.8 Å². The average Bonchev–Trinajstić information content (AvgIpc) is 3.29. The number of nitrogens with zero attached hydrogens (tertiary/aromatic N) is 1. The maximum absolute atomic E-state index is 12.4. The van der Waals surface area contributed by atoms with Crippen LogP contribution in [0.25, 0.3) is 0 Å². The highest BCUT2D eigenvalue weighted by molar-refractivity contribution is 5.79. The van der Waals surface area contributed by atoms with Gasteiger partial charge in [-0.05, 0) is 17.7 Å². The van der Waals surface area contributed by atoms with Crippen LogP contribution in [0.3, 0.4) is 0 Å². The highest BCUT2D eigenvalue weighted by Crippen LogP contribution is 2.36. The van der Waals surface area contributed by atoms with E-state index in [-0.39, 0.29) is 23.8 Å². The SMILES string of the molecule is COCCNC(=O)[C@@H]1CO[C@H]2CN(Cc3ccc4c(c3)OCO4)C[C@H]21. The molecule has 7 heteroatoms. The second kappa shape index (κ2) is 7.19. The smallest absolute Gasteiger partial charge is 0.231 e.